The van der Waals surface area contributed by atoms with E-state index in [2.05, 4.69) is 20.0 Å². The van der Waals surface area contributed by atoms with E-state index in [0.29, 0.717) is 0 Å². The summed E-state index contributed by atoms with van der Waals surface area (Å²) in [4.78, 5) is 12.8. The van der Waals surface area contributed by atoms with Crippen molar-refractivity contribution in [3.63, 3.8) is 0 Å². The van der Waals surface area contributed by atoms with E-state index in [1.54, 1.807) is 18.2 Å². The van der Waals surface area contributed by atoms with E-state index >= 15 is 0 Å². The SMILES string of the molecule is Nc1[nH]n(-c2c(Cl)cc(Cl)cc2Cl)c(=O)c1N=Nc1cc(S(=O)(=O)Nc2ccccc2Cl)ccc1Cl. The molecule has 0 aliphatic rings. The summed E-state index contributed by atoms with van der Waals surface area (Å²) in [7, 11) is -4.05. The summed E-state index contributed by atoms with van der Waals surface area (Å²) in [5, 5.41) is 11.2. The zero-order valence-corrected chi connectivity index (χ0v) is 22.2. The fraction of sp³-hybridized carbons (Fsp3) is 0. The van der Waals surface area contributed by atoms with Gasteiger partial charge in [0.05, 0.1) is 30.7 Å². The first kappa shape index (κ1) is 26.3. The highest BCUT2D eigenvalue weighted by atomic mass is 35.5. The normalized spacial score (nSPS) is 11.8. The van der Waals surface area contributed by atoms with Crippen molar-refractivity contribution < 1.29 is 8.42 Å². The highest BCUT2D eigenvalue weighted by molar-refractivity contribution is 7.92. The van der Waals surface area contributed by atoms with Crippen LogP contribution in [0.2, 0.25) is 25.1 Å². The predicted molar refractivity (Wildman–Crippen MR) is 144 cm³/mol. The van der Waals surface area contributed by atoms with Crippen LogP contribution in [0.3, 0.4) is 0 Å². The molecule has 0 saturated heterocycles. The molecule has 0 atom stereocenters. The van der Waals surface area contributed by atoms with Crippen LogP contribution in [0.25, 0.3) is 5.69 Å². The zero-order valence-electron chi connectivity index (χ0n) is 17.6. The maximum Gasteiger partial charge on any atom is 0.301 e. The number of benzene rings is 3. The van der Waals surface area contributed by atoms with Gasteiger partial charge in [-0.2, -0.15) is 0 Å². The van der Waals surface area contributed by atoms with Crippen molar-refractivity contribution >= 4 is 90.9 Å². The van der Waals surface area contributed by atoms with Gasteiger partial charge in [0.2, 0.25) is 0 Å². The molecule has 0 unspecified atom stereocenters. The van der Waals surface area contributed by atoms with Crippen LogP contribution in [0.1, 0.15) is 0 Å². The Morgan fingerprint density at radius 1 is 0.861 bits per heavy atom. The molecule has 0 aliphatic heterocycles. The first-order valence-corrected chi connectivity index (χ1v) is 13.1. The van der Waals surface area contributed by atoms with Crippen LogP contribution >= 0.6 is 58.0 Å². The van der Waals surface area contributed by atoms with Gasteiger partial charge >= 0.3 is 5.56 Å². The van der Waals surface area contributed by atoms with Crippen LogP contribution in [-0.4, -0.2) is 18.2 Å². The van der Waals surface area contributed by atoms with Crippen molar-refractivity contribution in [1.82, 2.24) is 9.78 Å². The van der Waals surface area contributed by atoms with Crippen LogP contribution in [0.5, 0.6) is 0 Å². The lowest BCUT2D eigenvalue weighted by molar-refractivity contribution is 0.601. The molecular weight excluding hydrogens is 594 g/mol. The standard InChI is InChI=1S/C21H13Cl5N6O3S/c22-10-7-14(25)19(15(26)8-10)32-21(33)18(20(27)30-32)29-28-17-9-11(5-6-13(17)24)36(34,35)31-16-4-2-1-3-12(16)23/h1-9,30-31H,27H2. The number of nitrogen functional groups attached to an aromatic ring is 1. The van der Waals surface area contributed by atoms with Gasteiger partial charge in [0, 0.05) is 5.02 Å². The number of aromatic nitrogens is 2. The molecule has 3 aromatic carbocycles. The van der Waals surface area contributed by atoms with Crippen molar-refractivity contribution in [2.24, 2.45) is 10.2 Å². The van der Waals surface area contributed by atoms with Crippen LogP contribution in [0.15, 0.2) is 74.5 Å². The fourth-order valence-corrected chi connectivity index (χ4v) is 5.52. The number of hydrogen-bond donors (Lipinski definition) is 3. The summed E-state index contributed by atoms with van der Waals surface area (Å²) in [6, 6.07) is 12.9. The molecule has 0 radical (unpaired) electrons. The van der Waals surface area contributed by atoms with E-state index in [0.717, 1.165) is 4.68 Å². The third kappa shape index (κ3) is 5.34. The Morgan fingerprint density at radius 3 is 2.19 bits per heavy atom. The summed E-state index contributed by atoms with van der Waals surface area (Å²) < 4.78 is 29.1. The third-order valence-corrected chi connectivity index (χ3v) is 7.51. The monoisotopic (exact) mass is 604 g/mol. The Bertz CT molecular complexity index is 1660. The molecular formula is C21H13Cl5N6O3S. The van der Waals surface area contributed by atoms with Gasteiger partial charge in [0.1, 0.15) is 17.2 Å². The van der Waals surface area contributed by atoms with E-state index in [4.69, 9.17) is 63.7 Å². The second-order valence-electron chi connectivity index (χ2n) is 7.13. The number of nitrogens with one attached hydrogen (secondary N) is 2. The van der Waals surface area contributed by atoms with Gasteiger partial charge in [-0.3, -0.25) is 14.6 Å². The molecule has 1 aromatic heterocycles. The first-order chi connectivity index (χ1) is 17.0. The van der Waals surface area contributed by atoms with E-state index in [-0.39, 0.29) is 58.6 Å². The lowest BCUT2D eigenvalue weighted by Gasteiger charge is -2.10. The lowest BCUT2D eigenvalue weighted by atomic mass is 10.3. The molecule has 4 aromatic rings. The highest BCUT2D eigenvalue weighted by Crippen LogP contribution is 2.34. The fourth-order valence-electron chi connectivity index (χ4n) is 3.04. The number of aromatic amines is 1. The van der Waals surface area contributed by atoms with Gasteiger partial charge < -0.3 is 5.73 Å². The molecule has 0 amide bonds. The number of rotatable bonds is 6. The predicted octanol–water partition coefficient (Wildman–Crippen LogP) is 7.23. The van der Waals surface area contributed by atoms with Crippen LogP contribution in [-0.2, 0) is 10.0 Å². The average Bonchev–Trinajstić information content (AvgIpc) is 3.07. The van der Waals surface area contributed by atoms with Crippen molar-refractivity contribution in [3.8, 4) is 5.69 Å². The molecule has 4 N–H and O–H groups in total. The minimum atomic E-state index is -4.05. The molecule has 0 fully saturated rings. The smallest absolute Gasteiger partial charge is 0.301 e. The number of nitrogens with zero attached hydrogens (tertiary/aromatic N) is 3. The van der Waals surface area contributed by atoms with Gasteiger partial charge in [-0.25, -0.2) is 13.1 Å². The van der Waals surface area contributed by atoms with Gasteiger partial charge in [0.25, 0.3) is 10.0 Å². The number of halogens is 5. The molecule has 36 heavy (non-hydrogen) atoms. The van der Waals surface area contributed by atoms with E-state index in [1.807, 2.05) is 0 Å². The van der Waals surface area contributed by atoms with Crippen molar-refractivity contribution in [2.75, 3.05) is 10.5 Å². The Morgan fingerprint density at radius 2 is 1.53 bits per heavy atom. The average molecular weight is 607 g/mol. The molecule has 9 nitrogen and oxygen atoms in total. The van der Waals surface area contributed by atoms with Gasteiger partial charge in [0.15, 0.2) is 5.69 Å². The zero-order chi connectivity index (χ0) is 26.2. The first-order valence-electron chi connectivity index (χ1n) is 9.72. The Kier molecular flexibility index (Phi) is 7.56. The van der Waals surface area contributed by atoms with E-state index < -0.39 is 15.6 Å². The van der Waals surface area contributed by atoms with Gasteiger partial charge in [-0.15, -0.1) is 10.2 Å². The minimum absolute atomic E-state index is 0.0344. The number of para-hydroxylation sites is 1. The van der Waals surface area contributed by atoms with Crippen molar-refractivity contribution in [2.45, 2.75) is 4.90 Å². The van der Waals surface area contributed by atoms with E-state index in [9.17, 15) is 13.2 Å². The summed E-state index contributed by atoms with van der Waals surface area (Å²) in [6.45, 7) is 0. The number of sulfonamides is 1. The van der Waals surface area contributed by atoms with Crippen LogP contribution in [0.4, 0.5) is 22.9 Å². The summed E-state index contributed by atoms with van der Waals surface area (Å²) in [5.41, 5.74) is 5.18. The molecule has 0 bridgehead atoms. The van der Waals surface area contributed by atoms with Gasteiger partial charge in [-0.05, 0) is 42.5 Å². The molecule has 0 saturated carbocycles. The molecule has 4 rings (SSSR count). The summed E-state index contributed by atoms with van der Waals surface area (Å²) in [5.74, 6) is -0.147. The number of hydrogen-bond acceptors (Lipinski definition) is 6. The largest absolute Gasteiger partial charge is 0.382 e. The summed E-state index contributed by atoms with van der Waals surface area (Å²) >= 11 is 30.5. The molecule has 1 heterocycles. The van der Waals surface area contributed by atoms with E-state index in [1.165, 1.54) is 36.4 Å². The molecule has 15 heteroatoms. The third-order valence-electron chi connectivity index (χ3n) is 4.70. The summed E-state index contributed by atoms with van der Waals surface area (Å²) in [6.07, 6.45) is 0. The highest BCUT2D eigenvalue weighted by Gasteiger charge is 2.20. The van der Waals surface area contributed by atoms with Gasteiger partial charge in [-0.1, -0.05) is 70.1 Å². The van der Waals surface area contributed by atoms with Crippen LogP contribution < -0.4 is 16.0 Å². The minimum Gasteiger partial charge on any atom is -0.382 e. The second-order valence-corrected chi connectivity index (χ2v) is 10.9. The molecule has 0 aliphatic carbocycles. The van der Waals surface area contributed by atoms with Crippen molar-refractivity contribution in [3.05, 3.63) is 90.1 Å². The van der Waals surface area contributed by atoms with Crippen LogP contribution in [0, 0.1) is 0 Å². The molecule has 186 valence electrons. The number of azo groups is 1. The quantitative estimate of drug-likeness (QED) is 0.200. The number of nitrogens with two attached hydrogens (primary N) is 1. The number of H-pyrrole nitrogens is 1. The number of anilines is 2. The van der Waals surface area contributed by atoms with Crippen molar-refractivity contribution in [1.29, 1.82) is 0 Å². The molecule has 0 spiro atoms. The lowest BCUT2D eigenvalue weighted by Crippen LogP contribution is -2.15. The Hall–Kier alpha value is -2.73. The maximum absolute atomic E-state index is 12.9. The maximum atomic E-state index is 12.9. The Labute approximate surface area is 229 Å². The Balaban J connectivity index is 1.70. The second kappa shape index (κ2) is 10.3. The topological polar surface area (TPSA) is 135 Å².